The summed E-state index contributed by atoms with van der Waals surface area (Å²) in [6.07, 6.45) is -3.51. The number of carbonyl (C=O) groups is 3. The van der Waals surface area contributed by atoms with Crippen LogP contribution < -0.4 is 15.4 Å². The summed E-state index contributed by atoms with van der Waals surface area (Å²) in [4.78, 5) is 47.4. The summed E-state index contributed by atoms with van der Waals surface area (Å²) in [6, 6.07) is 14.7. The lowest BCUT2D eigenvalue weighted by atomic mass is 9.99. The van der Waals surface area contributed by atoms with Crippen molar-refractivity contribution in [2.45, 2.75) is 32.2 Å². The molecule has 4 aromatic rings. The van der Waals surface area contributed by atoms with Gasteiger partial charge in [0.1, 0.15) is 11.1 Å². The van der Waals surface area contributed by atoms with Crippen LogP contribution in [0.25, 0.3) is 10.6 Å². The molecule has 4 amide bonds. The molecular formula is C34H34F3N5O5S. The monoisotopic (exact) mass is 681 g/mol. The van der Waals surface area contributed by atoms with Gasteiger partial charge in [-0.25, -0.2) is 9.78 Å². The highest BCUT2D eigenvalue weighted by atomic mass is 32.1. The van der Waals surface area contributed by atoms with Crippen LogP contribution in [0.4, 0.5) is 29.3 Å². The number of urea groups is 1. The zero-order valence-corrected chi connectivity index (χ0v) is 27.1. The van der Waals surface area contributed by atoms with E-state index in [1.165, 1.54) is 40.3 Å². The third kappa shape index (κ3) is 7.77. The lowest BCUT2D eigenvalue weighted by molar-refractivity contribution is -0.137. The van der Waals surface area contributed by atoms with Crippen molar-refractivity contribution in [3.05, 3.63) is 95.0 Å². The largest absolute Gasteiger partial charge is 0.485 e. The molecular weight excluding hydrogens is 647 g/mol. The van der Waals surface area contributed by atoms with Gasteiger partial charge in [-0.3, -0.25) is 9.59 Å². The van der Waals surface area contributed by atoms with Crippen molar-refractivity contribution in [3.8, 4) is 16.3 Å². The Morgan fingerprint density at radius 2 is 1.81 bits per heavy atom. The molecule has 0 spiro atoms. The van der Waals surface area contributed by atoms with E-state index >= 15 is 0 Å². The first-order valence-electron chi connectivity index (χ1n) is 15.1. The highest BCUT2D eigenvalue weighted by Crippen LogP contribution is 2.36. The second-order valence-corrected chi connectivity index (χ2v) is 12.5. The number of thiazole rings is 1. The molecule has 1 aromatic heterocycles. The Bertz CT molecular complexity index is 1750. The minimum atomic E-state index is -4.51. The molecule has 1 aliphatic heterocycles. The third-order valence-electron chi connectivity index (χ3n) is 8.03. The smallest absolute Gasteiger partial charge is 0.416 e. The number of likely N-dealkylation sites (N-methyl/N-ethyl adjacent to an activating group) is 1. The van der Waals surface area contributed by atoms with Crippen LogP contribution in [-0.4, -0.2) is 76.6 Å². The number of fused-ring (bicyclic) bond motifs is 1. The predicted molar refractivity (Wildman–Crippen MR) is 176 cm³/mol. The van der Waals surface area contributed by atoms with Gasteiger partial charge in [-0.05, 0) is 55.5 Å². The maximum absolute atomic E-state index is 13.8. The number of aromatic nitrogens is 1. The Hall–Kier alpha value is -4.95. The molecule has 0 saturated carbocycles. The quantitative estimate of drug-likeness (QED) is 0.196. The highest BCUT2D eigenvalue weighted by Gasteiger charge is 2.35. The Morgan fingerprint density at radius 1 is 1.10 bits per heavy atom. The van der Waals surface area contributed by atoms with Crippen molar-refractivity contribution < 1.29 is 37.4 Å². The molecule has 0 unspecified atom stereocenters. The van der Waals surface area contributed by atoms with E-state index in [1.54, 1.807) is 55.6 Å². The van der Waals surface area contributed by atoms with Gasteiger partial charge in [0, 0.05) is 47.9 Å². The molecule has 3 aromatic carbocycles. The molecule has 0 saturated heterocycles. The molecule has 3 atom stereocenters. The molecule has 10 nitrogen and oxygen atoms in total. The topological polar surface area (TPSA) is 124 Å². The summed E-state index contributed by atoms with van der Waals surface area (Å²) in [6.45, 7) is 3.48. The molecule has 1 aliphatic rings. The standard InChI is InChI=1S/C34H34F3N5O5S/c1-20-17-42(21(2)19-43)32(45)26-5-4-6-27(40-30(44)22-7-9-23(10-8-22)31-38-15-16-48-31)29(26)47-28(20)18-41(3)33(46)39-25-13-11-24(12-14-25)34(35,36)37/h4-16,20-21,28,43H,17-19H2,1-3H3,(H,39,46)(H,40,44)/t20-,21-,28+/m1/s1. The summed E-state index contributed by atoms with van der Waals surface area (Å²) in [5.74, 6) is -1.09. The zero-order valence-electron chi connectivity index (χ0n) is 26.3. The van der Waals surface area contributed by atoms with Crippen LogP contribution in [0, 0.1) is 5.92 Å². The van der Waals surface area contributed by atoms with Gasteiger partial charge in [0.15, 0.2) is 5.75 Å². The van der Waals surface area contributed by atoms with Gasteiger partial charge in [-0.15, -0.1) is 11.3 Å². The number of anilines is 2. The summed E-state index contributed by atoms with van der Waals surface area (Å²) in [5.41, 5.74) is 0.974. The number of halogens is 3. The van der Waals surface area contributed by atoms with E-state index < -0.39 is 41.7 Å². The number of nitrogens with zero attached hydrogens (tertiary/aromatic N) is 3. The van der Waals surface area contributed by atoms with Crippen LogP contribution in [-0.2, 0) is 6.18 Å². The number of alkyl halides is 3. The normalized spacial score (nSPS) is 17.0. The number of amides is 4. The number of ether oxygens (including phenoxy) is 1. The summed E-state index contributed by atoms with van der Waals surface area (Å²) in [5, 5.41) is 18.1. The number of benzene rings is 3. The van der Waals surface area contributed by atoms with Crippen LogP contribution in [0.1, 0.15) is 40.1 Å². The number of para-hydroxylation sites is 1. The van der Waals surface area contributed by atoms with Crippen LogP contribution in [0.3, 0.4) is 0 Å². The minimum absolute atomic E-state index is 0.0170. The van der Waals surface area contributed by atoms with Gasteiger partial charge in [-0.2, -0.15) is 13.2 Å². The van der Waals surface area contributed by atoms with Gasteiger partial charge >= 0.3 is 12.2 Å². The van der Waals surface area contributed by atoms with Crippen molar-refractivity contribution in [3.63, 3.8) is 0 Å². The first-order chi connectivity index (χ1) is 22.8. The van der Waals surface area contributed by atoms with E-state index in [9.17, 15) is 32.7 Å². The first-order valence-corrected chi connectivity index (χ1v) is 16.0. The Balaban J connectivity index is 1.39. The molecule has 2 heterocycles. The Labute approximate surface area is 279 Å². The van der Waals surface area contributed by atoms with E-state index in [1.807, 2.05) is 12.3 Å². The fraction of sp³-hybridized carbons (Fsp3) is 0.294. The lowest BCUT2D eigenvalue weighted by Crippen LogP contribution is -2.50. The van der Waals surface area contributed by atoms with Crippen molar-refractivity contribution in [2.75, 3.05) is 37.4 Å². The van der Waals surface area contributed by atoms with E-state index in [-0.39, 0.29) is 48.3 Å². The van der Waals surface area contributed by atoms with Crippen molar-refractivity contribution in [1.82, 2.24) is 14.8 Å². The number of aliphatic hydroxyl groups is 1. The van der Waals surface area contributed by atoms with Gasteiger partial charge < -0.3 is 30.3 Å². The summed E-state index contributed by atoms with van der Waals surface area (Å²) in [7, 11) is 1.51. The first kappa shape index (κ1) is 34.4. The van der Waals surface area contributed by atoms with Gasteiger partial charge in [0.2, 0.25) is 0 Å². The molecule has 3 N–H and O–H groups in total. The van der Waals surface area contributed by atoms with E-state index in [2.05, 4.69) is 15.6 Å². The second kappa shape index (κ2) is 14.4. The minimum Gasteiger partial charge on any atom is -0.485 e. The number of hydrogen-bond donors (Lipinski definition) is 3. The number of rotatable bonds is 8. The van der Waals surface area contributed by atoms with Crippen molar-refractivity contribution in [2.24, 2.45) is 5.92 Å². The van der Waals surface area contributed by atoms with E-state index in [4.69, 9.17) is 4.74 Å². The lowest BCUT2D eigenvalue weighted by Gasteiger charge is -2.38. The van der Waals surface area contributed by atoms with Crippen molar-refractivity contribution >= 4 is 40.6 Å². The number of nitrogens with one attached hydrogen (secondary N) is 2. The fourth-order valence-corrected chi connectivity index (χ4v) is 5.84. The van der Waals surface area contributed by atoms with E-state index in [0.29, 0.717) is 5.56 Å². The zero-order chi connectivity index (χ0) is 34.6. The SMILES string of the molecule is C[C@@H]1CN([C@H](C)CO)C(=O)c2cccc(NC(=O)c3ccc(-c4nccs4)cc3)c2O[C@H]1CN(C)C(=O)Nc1ccc(C(F)(F)F)cc1. The molecule has 5 rings (SSSR count). The molecule has 252 valence electrons. The molecule has 14 heteroatoms. The summed E-state index contributed by atoms with van der Waals surface area (Å²) >= 11 is 1.48. The fourth-order valence-electron chi connectivity index (χ4n) is 5.20. The molecule has 48 heavy (non-hydrogen) atoms. The van der Waals surface area contributed by atoms with Crippen molar-refractivity contribution in [1.29, 1.82) is 0 Å². The average molecular weight is 682 g/mol. The van der Waals surface area contributed by atoms with Crippen LogP contribution >= 0.6 is 11.3 Å². The van der Waals surface area contributed by atoms with E-state index in [0.717, 1.165) is 22.7 Å². The molecule has 0 bridgehead atoms. The third-order valence-corrected chi connectivity index (χ3v) is 8.85. The maximum Gasteiger partial charge on any atom is 0.416 e. The van der Waals surface area contributed by atoms with Gasteiger partial charge in [0.25, 0.3) is 11.8 Å². The van der Waals surface area contributed by atoms with Crippen LogP contribution in [0.5, 0.6) is 5.75 Å². The van der Waals surface area contributed by atoms with Crippen LogP contribution in [0.15, 0.2) is 78.3 Å². The number of hydrogen-bond acceptors (Lipinski definition) is 7. The molecule has 0 fully saturated rings. The Kier molecular flexibility index (Phi) is 10.3. The number of carbonyl (C=O) groups excluding carboxylic acids is 3. The second-order valence-electron chi connectivity index (χ2n) is 11.6. The predicted octanol–water partition coefficient (Wildman–Crippen LogP) is 6.47. The molecule has 0 radical (unpaired) electrons. The summed E-state index contributed by atoms with van der Waals surface area (Å²) < 4.78 is 45.4. The Morgan fingerprint density at radius 3 is 2.44 bits per heavy atom. The molecule has 0 aliphatic carbocycles. The van der Waals surface area contributed by atoms with Gasteiger partial charge in [-0.1, -0.05) is 25.1 Å². The van der Waals surface area contributed by atoms with Gasteiger partial charge in [0.05, 0.1) is 36.0 Å². The van der Waals surface area contributed by atoms with Crippen LogP contribution in [0.2, 0.25) is 0 Å². The maximum atomic E-state index is 13.8. The average Bonchev–Trinajstić information content (AvgIpc) is 3.61. The number of aliphatic hydroxyl groups excluding tert-OH is 1. The highest BCUT2D eigenvalue weighted by molar-refractivity contribution is 7.13.